The van der Waals surface area contributed by atoms with E-state index in [1.165, 1.54) is 39.1 Å². The molecule has 0 saturated carbocycles. The van der Waals surface area contributed by atoms with Crippen molar-refractivity contribution in [3.8, 4) is 0 Å². The Labute approximate surface area is 167 Å². The van der Waals surface area contributed by atoms with E-state index < -0.39 is 0 Å². The van der Waals surface area contributed by atoms with E-state index >= 15 is 0 Å². The molecule has 0 bridgehead atoms. The number of nitrogens with zero attached hydrogens (tertiary/aromatic N) is 3. The van der Waals surface area contributed by atoms with Gasteiger partial charge in [0.2, 0.25) is 0 Å². The van der Waals surface area contributed by atoms with Crippen molar-refractivity contribution < 1.29 is 14.2 Å². The van der Waals surface area contributed by atoms with Gasteiger partial charge in [0.05, 0.1) is 25.9 Å². The molecule has 0 aromatic carbocycles. The molecule has 160 valence electrons. The zero-order valence-electron chi connectivity index (χ0n) is 18.0. The normalized spacial score (nSPS) is 22.8. The lowest BCUT2D eigenvalue weighted by atomic mass is 10.1. The highest BCUT2D eigenvalue weighted by molar-refractivity contribution is 4.77. The van der Waals surface area contributed by atoms with Crippen molar-refractivity contribution in [2.24, 2.45) is 0 Å². The fraction of sp³-hybridized carbons (Fsp3) is 1.00. The average Bonchev–Trinajstić information content (AvgIpc) is 2.71. The van der Waals surface area contributed by atoms with Crippen LogP contribution in [0.1, 0.15) is 40.0 Å². The van der Waals surface area contributed by atoms with Gasteiger partial charge >= 0.3 is 0 Å². The lowest BCUT2D eigenvalue weighted by Gasteiger charge is -2.38. The van der Waals surface area contributed by atoms with Crippen LogP contribution in [-0.2, 0) is 14.2 Å². The molecule has 0 aromatic heterocycles. The van der Waals surface area contributed by atoms with Gasteiger partial charge < -0.3 is 19.1 Å². The summed E-state index contributed by atoms with van der Waals surface area (Å²) >= 11 is 0. The zero-order valence-corrected chi connectivity index (χ0v) is 18.0. The molecule has 0 aromatic rings. The minimum Gasteiger partial charge on any atom is -0.382 e. The molecule has 2 saturated heterocycles. The number of hydrogen-bond donors (Lipinski definition) is 0. The molecule has 0 spiro atoms. The van der Waals surface area contributed by atoms with Crippen molar-refractivity contribution in [3.63, 3.8) is 0 Å². The monoisotopic (exact) mass is 385 g/mol. The van der Waals surface area contributed by atoms with E-state index in [1.807, 2.05) is 0 Å². The second kappa shape index (κ2) is 13.9. The number of hydrogen-bond acceptors (Lipinski definition) is 6. The molecule has 6 heteroatoms. The van der Waals surface area contributed by atoms with Gasteiger partial charge in [-0.05, 0) is 40.0 Å². The summed E-state index contributed by atoms with van der Waals surface area (Å²) < 4.78 is 16.9. The van der Waals surface area contributed by atoms with Crippen LogP contribution >= 0.6 is 0 Å². The van der Waals surface area contributed by atoms with Crippen molar-refractivity contribution in [2.75, 3.05) is 85.4 Å². The van der Waals surface area contributed by atoms with Crippen LogP contribution in [0, 0.1) is 0 Å². The first kappa shape index (κ1) is 23.0. The molecule has 0 amide bonds. The fourth-order valence-electron chi connectivity index (χ4n) is 3.91. The second-order valence-corrected chi connectivity index (χ2v) is 7.99. The van der Waals surface area contributed by atoms with Gasteiger partial charge in [-0.25, -0.2) is 0 Å². The summed E-state index contributed by atoms with van der Waals surface area (Å²) in [7, 11) is 0. The Kier molecular flexibility index (Phi) is 11.8. The van der Waals surface area contributed by atoms with Gasteiger partial charge in [-0.15, -0.1) is 0 Å². The first-order chi connectivity index (χ1) is 13.2. The Morgan fingerprint density at radius 1 is 0.852 bits per heavy atom. The van der Waals surface area contributed by atoms with Crippen LogP contribution in [0.15, 0.2) is 0 Å². The highest BCUT2D eigenvalue weighted by Gasteiger charge is 2.21. The smallest absolute Gasteiger partial charge is 0.0597 e. The van der Waals surface area contributed by atoms with Gasteiger partial charge in [0.15, 0.2) is 0 Å². The standard InChI is InChI=1S/C21H43N3O3/c1-4-25-16-5-8-22-9-11-24(12-10-22)20(2)6-7-21(3)27-19-15-23-13-17-26-18-14-23/h20-21H,4-19H2,1-3H3. The summed E-state index contributed by atoms with van der Waals surface area (Å²) in [5.74, 6) is 0. The van der Waals surface area contributed by atoms with Gasteiger partial charge in [-0.2, -0.15) is 0 Å². The summed E-state index contributed by atoms with van der Waals surface area (Å²) in [6, 6.07) is 0.654. The zero-order chi connectivity index (χ0) is 19.3. The van der Waals surface area contributed by atoms with Crippen LogP contribution in [0.5, 0.6) is 0 Å². The average molecular weight is 386 g/mol. The van der Waals surface area contributed by atoms with Crippen molar-refractivity contribution in [3.05, 3.63) is 0 Å². The molecule has 2 aliphatic heterocycles. The molecule has 2 aliphatic rings. The number of piperazine rings is 1. The van der Waals surface area contributed by atoms with E-state index in [1.54, 1.807) is 0 Å². The van der Waals surface area contributed by atoms with Gasteiger partial charge in [-0.3, -0.25) is 9.80 Å². The van der Waals surface area contributed by atoms with E-state index in [0.29, 0.717) is 12.1 Å². The predicted octanol–water partition coefficient (Wildman–Crippen LogP) is 1.94. The van der Waals surface area contributed by atoms with Crippen LogP contribution in [0.25, 0.3) is 0 Å². The Hall–Kier alpha value is -0.240. The molecule has 2 heterocycles. The molecule has 0 aliphatic carbocycles. The minimum atomic E-state index is 0.355. The minimum absolute atomic E-state index is 0.355. The summed E-state index contributed by atoms with van der Waals surface area (Å²) in [5, 5.41) is 0. The Balaban J connectivity index is 1.49. The van der Waals surface area contributed by atoms with Gasteiger partial charge in [0.1, 0.15) is 0 Å². The fourth-order valence-corrected chi connectivity index (χ4v) is 3.91. The van der Waals surface area contributed by atoms with Crippen molar-refractivity contribution in [1.82, 2.24) is 14.7 Å². The summed E-state index contributed by atoms with van der Waals surface area (Å²) in [6.45, 7) is 20.1. The van der Waals surface area contributed by atoms with Gasteiger partial charge in [0, 0.05) is 71.6 Å². The van der Waals surface area contributed by atoms with Crippen molar-refractivity contribution >= 4 is 0 Å². The maximum absolute atomic E-state index is 6.04. The van der Waals surface area contributed by atoms with E-state index in [-0.39, 0.29) is 0 Å². The lowest BCUT2D eigenvalue weighted by Crippen LogP contribution is -2.49. The van der Waals surface area contributed by atoms with E-state index in [9.17, 15) is 0 Å². The van der Waals surface area contributed by atoms with E-state index in [0.717, 1.165) is 65.5 Å². The van der Waals surface area contributed by atoms with Crippen molar-refractivity contribution in [1.29, 1.82) is 0 Å². The molecular weight excluding hydrogens is 342 g/mol. The topological polar surface area (TPSA) is 37.4 Å². The molecular formula is C21H43N3O3. The van der Waals surface area contributed by atoms with Crippen LogP contribution in [0.2, 0.25) is 0 Å². The molecule has 2 rings (SSSR count). The largest absolute Gasteiger partial charge is 0.382 e. The molecule has 27 heavy (non-hydrogen) atoms. The predicted molar refractivity (Wildman–Crippen MR) is 110 cm³/mol. The quantitative estimate of drug-likeness (QED) is 0.451. The van der Waals surface area contributed by atoms with Crippen LogP contribution in [-0.4, -0.2) is 112 Å². The SMILES string of the molecule is CCOCCCN1CCN(C(C)CCC(C)OCCN2CCOCC2)CC1. The number of ether oxygens (including phenoxy) is 3. The number of morpholine rings is 1. The lowest BCUT2D eigenvalue weighted by molar-refractivity contribution is 0.00150. The van der Waals surface area contributed by atoms with E-state index in [4.69, 9.17) is 14.2 Å². The third kappa shape index (κ3) is 9.68. The molecule has 2 atom stereocenters. The summed E-state index contributed by atoms with van der Waals surface area (Å²) in [4.78, 5) is 7.67. The summed E-state index contributed by atoms with van der Waals surface area (Å²) in [5.41, 5.74) is 0. The van der Waals surface area contributed by atoms with Crippen LogP contribution in [0.3, 0.4) is 0 Å². The first-order valence-corrected chi connectivity index (χ1v) is 11.1. The number of rotatable bonds is 13. The third-order valence-corrected chi connectivity index (χ3v) is 5.90. The Morgan fingerprint density at radius 3 is 2.26 bits per heavy atom. The van der Waals surface area contributed by atoms with Gasteiger partial charge in [-0.1, -0.05) is 0 Å². The molecule has 2 fully saturated rings. The van der Waals surface area contributed by atoms with Crippen LogP contribution < -0.4 is 0 Å². The molecule has 0 N–H and O–H groups in total. The highest BCUT2D eigenvalue weighted by Crippen LogP contribution is 2.13. The maximum Gasteiger partial charge on any atom is 0.0597 e. The van der Waals surface area contributed by atoms with Crippen molar-refractivity contribution in [2.45, 2.75) is 52.2 Å². The van der Waals surface area contributed by atoms with Crippen LogP contribution in [0.4, 0.5) is 0 Å². The highest BCUT2D eigenvalue weighted by atomic mass is 16.5. The summed E-state index contributed by atoms with van der Waals surface area (Å²) in [6.07, 6.45) is 3.89. The Morgan fingerprint density at radius 2 is 1.56 bits per heavy atom. The Bertz CT molecular complexity index is 359. The maximum atomic E-state index is 6.04. The molecule has 0 radical (unpaired) electrons. The second-order valence-electron chi connectivity index (χ2n) is 7.99. The van der Waals surface area contributed by atoms with Gasteiger partial charge in [0.25, 0.3) is 0 Å². The van der Waals surface area contributed by atoms with E-state index in [2.05, 4.69) is 35.5 Å². The molecule has 2 unspecified atom stereocenters. The third-order valence-electron chi connectivity index (χ3n) is 5.90. The first-order valence-electron chi connectivity index (χ1n) is 11.1. The molecule has 6 nitrogen and oxygen atoms in total.